The Morgan fingerprint density at radius 3 is 2.74 bits per heavy atom. The van der Waals surface area contributed by atoms with Crippen molar-refractivity contribution in [2.24, 2.45) is 0 Å². The van der Waals surface area contributed by atoms with Crippen molar-refractivity contribution in [2.45, 2.75) is 11.5 Å². The Balaban J connectivity index is 1.98. The summed E-state index contributed by atoms with van der Waals surface area (Å²) in [6, 6.07) is 8.31. The Hall–Kier alpha value is -0.650. The highest BCUT2D eigenvalue weighted by molar-refractivity contribution is 9.10. The molecule has 0 amide bonds. The molecule has 0 saturated carbocycles. The van der Waals surface area contributed by atoms with Gasteiger partial charge in [0.15, 0.2) is 0 Å². The van der Waals surface area contributed by atoms with E-state index in [2.05, 4.69) is 41.6 Å². The van der Waals surface area contributed by atoms with Crippen molar-refractivity contribution in [3.63, 3.8) is 0 Å². The third-order valence-corrected chi connectivity index (χ3v) is 6.10. The summed E-state index contributed by atoms with van der Waals surface area (Å²) >= 11 is 6.98. The van der Waals surface area contributed by atoms with Crippen molar-refractivity contribution in [3.05, 3.63) is 56.8 Å². The van der Waals surface area contributed by atoms with Gasteiger partial charge in [0, 0.05) is 15.5 Å². The minimum absolute atomic E-state index is 0.335. The second-order valence-electron chi connectivity index (χ2n) is 3.91. The van der Waals surface area contributed by atoms with Crippen molar-refractivity contribution >= 4 is 45.4 Å². The van der Waals surface area contributed by atoms with E-state index < -0.39 is 0 Å². The van der Waals surface area contributed by atoms with Gasteiger partial charge >= 0.3 is 5.97 Å². The highest BCUT2D eigenvalue weighted by Gasteiger charge is 2.25. The summed E-state index contributed by atoms with van der Waals surface area (Å²) in [7, 11) is 0. The van der Waals surface area contributed by atoms with Crippen molar-refractivity contribution in [1.82, 2.24) is 0 Å². The number of thioether (sulfide) groups is 2. The molecule has 100 valence electrons. The zero-order chi connectivity index (χ0) is 13.8. The molecular formula is C14H13BrO2S2. The van der Waals surface area contributed by atoms with Gasteiger partial charge < -0.3 is 4.74 Å². The van der Waals surface area contributed by atoms with Crippen LogP contribution in [0.3, 0.4) is 0 Å². The van der Waals surface area contributed by atoms with Gasteiger partial charge in [-0.05, 0) is 29.5 Å². The summed E-state index contributed by atoms with van der Waals surface area (Å²) in [6.07, 6.45) is 1.19. The predicted octanol–water partition coefficient (Wildman–Crippen LogP) is 4.89. The molecule has 1 heterocycles. The molecule has 19 heavy (non-hydrogen) atoms. The fourth-order valence-corrected chi connectivity index (χ4v) is 4.73. The average molecular weight is 357 g/mol. The van der Waals surface area contributed by atoms with E-state index in [-0.39, 0.29) is 5.97 Å². The molecule has 0 fully saturated rings. The van der Waals surface area contributed by atoms with Crippen molar-refractivity contribution in [1.29, 1.82) is 0 Å². The number of esters is 1. The van der Waals surface area contributed by atoms with Crippen LogP contribution in [-0.4, -0.2) is 12.6 Å². The van der Waals surface area contributed by atoms with Crippen LogP contribution in [0.15, 0.2) is 51.2 Å². The van der Waals surface area contributed by atoms with E-state index in [4.69, 9.17) is 4.74 Å². The van der Waals surface area contributed by atoms with Gasteiger partial charge in [0.1, 0.15) is 6.61 Å². The monoisotopic (exact) mass is 356 g/mol. The lowest BCUT2D eigenvalue weighted by Crippen LogP contribution is -2.02. The zero-order valence-corrected chi connectivity index (χ0v) is 13.6. The van der Waals surface area contributed by atoms with Gasteiger partial charge in [0.05, 0.1) is 4.58 Å². The Bertz CT molecular complexity index is 523. The quantitative estimate of drug-likeness (QED) is 0.566. The molecule has 2 nitrogen and oxygen atoms in total. The lowest BCUT2D eigenvalue weighted by molar-refractivity contribution is -0.136. The molecule has 1 aliphatic rings. The maximum Gasteiger partial charge on any atom is 0.330 e. The number of ether oxygens (including phenoxy) is 1. The van der Waals surface area contributed by atoms with Crippen LogP contribution >= 0.6 is 39.5 Å². The minimum atomic E-state index is -0.377. The molecule has 5 heteroatoms. The standard InChI is InChI=1S/C14H13BrO2S2/c1-3-13(16)17-8-12-9(2)18-14(19-12)10-4-6-11(15)7-5-10/h3-7,14H,1,8H2,2H3. The maximum absolute atomic E-state index is 11.1. The summed E-state index contributed by atoms with van der Waals surface area (Å²) in [6.45, 7) is 5.79. The molecule has 0 saturated heterocycles. The Morgan fingerprint density at radius 1 is 1.42 bits per heavy atom. The molecular weight excluding hydrogens is 344 g/mol. The van der Waals surface area contributed by atoms with Crippen LogP contribution in [0.25, 0.3) is 0 Å². The molecule has 1 unspecified atom stereocenters. The SMILES string of the molecule is C=CC(=O)OCC1=C(C)SC(c2ccc(Br)cc2)S1. The smallest absolute Gasteiger partial charge is 0.330 e. The third-order valence-electron chi connectivity index (χ3n) is 2.58. The molecule has 0 spiro atoms. The summed E-state index contributed by atoms with van der Waals surface area (Å²) in [5.41, 5.74) is 1.27. The number of halogens is 1. The number of rotatable bonds is 4. The van der Waals surface area contributed by atoms with Crippen LogP contribution in [-0.2, 0) is 9.53 Å². The van der Waals surface area contributed by atoms with Crippen LogP contribution < -0.4 is 0 Å². The third kappa shape index (κ3) is 3.91. The Morgan fingerprint density at radius 2 is 2.11 bits per heavy atom. The first-order chi connectivity index (χ1) is 9.10. The molecule has 0 radical (unpaired) electrons. The van der Waals surface area contributed by atoms with Crippen LogP contribution in [0.4, 0.5) is 0 Å². The summed E-state index contributed by atoms with van der Waals surface area (Å²) < 4.78 is 6.51. The molecule has 1 aromatic rings. The summed E-state index contributed by atoms with van der Waals surface area (Å²) in [5.74, 6) is -0.377. The topological polar surface area (TPSA) is 26.3 Å². The first kappa shape index (κ1) is 14.8. The Kier molecular flexibility index (Phi) is 5.19. The zero-order valence-electron chi connectivity index (χ0n) is 10.4. The van der Waals surface area contributed by atoms with Gasteiger partial charge in [0.2, 0.25) is 0 Å². The van der Waals surface area contributed by atoms with Crippen LogP contribution in [0, 0.1) is 0 Å². The van der Waals surface area contributed by atoms with Gasteiger partial charge in [-0.3, -0.25) is 0 Å². The van der Waals surface area contributed by atoms with Gasteiger partial charge in [-0.2, -0.15) is 0 Å². The number of allylic oxidation sites excluding steroid dienone is 1. The minimum Gasteiger partial charge on any atom is -0.457 e. The lowest BCUT2D eigenvalue weighted by Gasteiger charge is -2.09. The van der Waals surface area contributed by atoms with E-state index in [0.29, 0.717) is 11.2 Å². The molecule has 1 atom stereocenters. The molecule has 0 bridgehead atoms. The largest absolute Gasteiger partial charge is 0.457 e. The van der Waals surface area contributed by atoms with Crippen molar-refractivity contribution in [2.75, 3.05) is 6.61 Å². The second-order valence-corrected chi connectivity index (χ2v) is 7.64. The van der Waals surface area contributed by atoms with E-state index in [1.807, 2.05) is 12.1 Å². The number of hydrogen-bond acceptors (Lipinski definition) is 4. The van der Waals surface area contributed by atoms with Gasteiger partial charge in [-0.1, -0.05) is 34.6 Å². The van der Waals surface area contributed by atoms with E-state index in [9.17, 15) is 4.79 Å². The van der Waals surface area contributed by atoms with Gasteiger partial charge in [0.25, 0.3) is 0 Å². The molecule has 0 N–H and O–H groups in total. The summed E-state index contributed by atoms with van der Waals surface area (Å²) in [4.78, 5) is 13.4. The van der Waals surface area contributed by atoms with E-state index >= 15 is 0 Å². The second kappa shape index (κ2) is 6.68. The fraction of sp³-hybridized carbons (Fsp3) is 0.214. The normalized spacial score (nSPS) is 18.5. The fourth-order valence-electron chi connectivity index (χ4n) is 1.55. The molecule has 2 rings (SSSR count). The molecule has 0 aliphatic carbocycles. The predicted molar refractivity (Wildman–Crippen MR) is 85.9 cm³/mol. The maximum atomic E-state index is 11.1. The van der Waals surface area contributed by atoms with Crippen molar-refractivity contribution < 1.29 is 9.53 Å². The van der Waals surface area contributed by atoms with Gasteiger partial charge in [-0.15, -0.1) is 23.5 Å². The van der Waals surface area contributed by atoms with Crippen LogP contribution in [0.5, 0.6) is 0 Å². The number of carbonyl (C=O) groups excluding carboxylic acids is 1. The van der Waals surface area contributed by atoms with Gasteiger partial charge in [-0.25, -0.2) is 4.79 Å². The molecule has 0 aromatic heterocycles. The number of carbonyl (C=O) groups is 1. The average Bonchev–Trinajstić information content (AvgIpc) is 2.78. The lowest BCUT2D eigenvalue weighted by atomic mass is 10.2. The van der Waals surface area contributed by atoms with Crippen molar-refractivity contribution in [3.8, 4) is 0 Å². The first-order valence-corrected chi connectivity index (χ1v) is 8.23. The van der Waals surface area contributed by atoms with Crippen LogP contribution in [0.2, 0.25) is 0 Å². The van der Waals surface area contributed by atoms with E-state index in [0.717, 1.165) is 9.38 Å². The number of benzene rings is 1. The van der Waals surface area contributed by atoms with E-state index in [1.54, 1.807) is 23.5 Å². The van der Waals surface area contributed by atoms with E-state index in [1.165, 1.54) is 16.5 Å². The highest BCUT2D eigenvalue weighted by Crippen LogP contribution is 2.54. The number of hydrogen-bond donors (Lipinski definition) is 0. The Labute approximate surface area is 129 Å². The highest BCUT2D eigenvalue weighted by atomic mass is 79.9. The molecule has 1 aromatic carbocycles. The summed E-state index contributed by atoms with van der Waals surface area (Å²) in [5, 5.41) is 0. The molecule has 1 aliphatic heterocycles. The van der Waals surface area contributed by atoms with Crippen LogP contribution in [0.1, 0.15) is 17.1 Å². The first-order valence-electron chi connectivity index (χ1n) is 5.68.